The zero-order chi connectivity index (χ0) is 13.3. The second-order valence-electron chi connectivity index (χ2n) is 3.14. The van der Waals surface area contributed by atoms with Gasteiger partial charge in [0.05, 0.1) is 0 Å². The Morgan fingerprint density at radius 2 is 1.31 bits per heavy atom. The molecule has 0 atom stereocenters. The third-order valence-corrected chi connectivity index (χ3v) is 2.71. The van der Waals surface area contributed by atoms with Crippen molar-refractivity contribution in [2.75, 3.05) is 0 Å². The molecule has 0 heterocycles. The molecule has 0 bridgehead atoms. The van der Waals surface area contributed by atoms with Crippen LogP contribution in [0.2, 0.25) is 0 Å². The van der Waals surface area contributed by atoms with Crippen molar-refractivity contribution >= 4 is 7.81 Å². The van der Waals surface area contributed by atoms with Crippen LogP contribution in [0.15, 0.2) is 18.2 Å². The topological polar surface area (TPSA) is 0 Å². The van der Waals surface area contributed by atoms with Gasteiger partial charge in [-0.25, -0.2) is 0 Å². The van der Waals surface area contributed by atoms with E-state index in [0.717, 1.165) is 0 Å². The molecule has 0 aliphatic heterocycles. The Hall–Kier alpha value is -0.0400. The molecule has 0 aliphatic rings. The summed E-state index contributed by atoms with van der Waals surface area (Å²) in [5, 5.41) is 0. The average molecular weight is 377 g/mol. The molecule has 0 saturated heterocycles. The van der Waals surface area contributed by atoms with E-state index < -0.39 is 7.81 Å². The second-order valence-corrected chi connectivity index (χ2v) is 6.22. The summed E-state index contributed by atoms with van der Waals surface area (Å²) in [4.78, 5) is 0. The van der Waals surface area contributed by atoms with Gasteiger partial charge in [0.15, 0.2) is 0 Å². The molecular formula is C8H9F6IP. The molecular weight excluding hydrogens is 368 g/mol. The fourth-order valence-electron chi connectivity index (χ4n) is 0.715. The number of rotatable bonds is 0. The minimum atomic E-state index is -10.7. The van der Waals surface area contributed by atoms with E-state index in [2.05, 4.69) is 54.6 Å². The summed E-state index contributed by atoms with van der Waals surface area (Å²) in [7, 11) is -10.7. The molecule has 1 aromatic carbocycles. The Labute approximate surface area is 102 Å². The molecule has 0 nitrogen and oxygen atoms in total. The van der Waals surface area contributed by atoms with Crippen LogP contribution in [0.1, 0.15) is 11.1 Å². The van der Waals surface area contributed by atoms with Gasteiger partial charge in [-0.05, 0) is 25.5 Å². The number of hydrogen-bond donors (Lipinski definition) is 0. The minimum absolute atomic E-state index is 1.35. The fraction of sp³-hybridized carbons (Fsp3) is 0.250. The molecule has 0 spiro atoms. The predicted molar refractivity (Wildman–Crippen MR) is 48.2 cm³/mol. The van der Waals surface area contributed by atoms with E-state index in [4.69, 9.17) is 0 Å². The molecule has 1 aromatic rings. The van der Waals surface area contributed by atoms with Gasteiger partial charge in [0.1, 0.15) is 0 Å². The Morgan fingerprint density at radius 1 is 0.938 bits per heavy atom. The van der Waals surface area contributed by atoms with Crippen LogP contribution in [0.3, 0.4) is 0 Å². The van der Waals surface area contributed by atoms with Gasteiger partial charge in [-0.1, -0.05) is 12.1 Å². The first-order valence-corrected chi connectivity index (χ1v) is 7.05. The quantitative estimate of drug-likeness (QED) is 0.370. The molecule has 0 aromatic heterocycles. The fourth-order valence-corrected chi connectivity index (χ4v) is 1.35. The molecule has 0 fully saturated rings. The maximum atomic E-state index is 9.87. The van der Waals surface area contributed by atoms with Crippen molar-refractivity contribution in [2.24, 2.45) is 0 Å². The summed E-state index contributed by atoms with van der Waals surface area (Å²) in [6.07, 6.45) is 0. The zero-order valence-electron chi connectivity index (χ0n) is 8.33. The van der Waals surface area contributed by atoms with Crippen molar-refractivity contribution < 1.29 is 47.8 Å². The summed E-state index contributed by atoms with van der Waals surface area (Å²) in [6.45, 7) is 4.29. The van der Waals surface area contributed by atoms with Crippen LogP contribution in [-0.4, -0.2) is 0 Å². The molecule has 0 saturated carbocycles. The van der Waals surface area contributed by atoms with Crippen LogP contribution in [-0.2, 0) is 0 Å². The van der Waals surface area contributed by atoms with Gasteiger partial charge in [0, 0.05) is 5.56 Å². The van der Waals surface area contributed by atoms with E-state index in [-0.39, 0.29) is 0 Å². The van der Waals surface area contributed by atoms with Gasteiger partial charge in [0.2, 0.25) is 3.57 Å². The van der Waals surface area contributed by atoms with Crippen molar-refractivity contribution in [3.63, 3.8) is 0 Å². The predicted octanol–water partition coefficient (Wildman–Crippen LogP) is 2.41. The summed E-state index contributed by atoms with van der Waals surface area (Å²) in [6, 6.07) is 6.35. The van der Waals surface area contributed by atoms with E-state index >= 15 is 0 Å². The van der Waals surface area contributed by atoms with Gasteiger partial charge in [-0.3, -0.25) is 0 Å². The normalized spacial score (nSPS) is 15.6. The van der Waals surface area contributed by atoms with Gasteiger partial charge < -0.3 is 0 Å². The summed E-state index contributed by atoms with van der Waals surface area (Å²) in [5.74, 6) is 0. The van der Waals surface area contributed by atoms with Crippen LogP contribution >= 0.6 is 7.81 Å². The molecule has 0 unspecified atom stereocenters. The molecule has 0 aliphatic carbocycles. The second kappa shape index (κ2) is 4.01. The van der Waals surface area contributed by atoms with Crippen LogP contribution in [0.4, 0.5) is 25.2 Å². The van der Waals surface area contributed by atoms with E-state index in [1.807, 2.05) is 0 Å². The monoisotopic (exact) mass is 377 g/mol. The number of aryl methyl sites for hydroxylation is 1. The van der Waals surface area contributed by atoms with Crippen LogP contribution in [0, 0.1) is 17.4 Å². The van der Waals surface area contributed by atoms with Crippen molar-refractivity contribution in [3.8, 4) is 0 Å². The van der Waals surface area contributed by atoms with E-state index in [9.17, 15) is 25.2 Å². The Morgan fingerprint density at radius 3 is 1.56 bits per heavy atom. The van der Waals surface area contributed by atoms with Gasteiger partial charge in [-0.2, -0.15) is 0 Å². The maximum absolute atomic E-state index is 10.7. The molecule has 0 amide bonds. The number of benzene rings is 1. The van der Waals surface area contributed by atoms with Crippen molar-refractivity contribution in [1.82, 2.24) is 0 Å². The van der Waals surface area contributed by atoms with Crippen molar-refractivity contribution in [2.45, 2.75) is 13.8 Å². The summed E-state index contributed by atoms with van der Waals surface area (Å²) < 4.78 is 60.5. The van der Waals surface area contributed by atoms with Gasteiger partial charge >= 0.3 is 55.6 Å². The van der Waals surface area contributed by atoms with Crippen molar-refractivity contribution in [3.05, 3.63) is 32.9 Å². The first kappa shape index (κ1) is 16.0. The Kier molecular flexibility index (Phi) is 4.00. The third-order valence-electron chi connectivity index (χ3n) is 1.54. The van der Waals surface area contributed by atoms with E-state index in [1.54, 1.807) is 0 Å². The SMILES string of the molecule is Cc1cccc([I+])c1C.F[P-](F)(F)(F)(F)F. The van der Waals surface area contributed by atoms with Crippen LogP contribution in [0.25, 0.3) is 0 Å². The summed E-state index contributed by atoms with van der Waals surface area (Å²) in [5.41, 5.74) is 2.78. The van der Waals surface area contributed by atoms with Crippen LogP contribution < -0.4 is 22.6 Å². The van der Waals surface area contributed by atoms with E-state index in [0.29, 0.717) is 0 Å². The first-order valence-electron chi connectivity index (χ1n) is 3.95. The molecule has 0 N–H and O–H groups in total. The molecule has 16 heavy (non-hydrogen) atoms. The zero-order valence-corrected chi connectivity index (χ0v) is 11.4. The first-order chi connectivity index (χ1) is 6.66. The van der Waals surface area contributed by atoms with Gasteiger partial charge in [-0.15, -0.1) is 0 Å². The van der Waals surface area contributed by atoms with Crippen LogP contribution in [0.5, 0.6) is 0 Å². The Bertz CT molecular complexity index is 350. The van der Waals surface area contributed by atoms with Gasteiger partial charge in [0.25, 0.3) is 0 Å². The van der Waals surface area contributed by atoms with Crippen molar-refractivity contribution in [1.29, 1.82) is 0 Å². The number of hydrogen-bond acceptors (Lipinski definition) is 0. The third kappa shape index (κ3) is 12.0. The molecule has 95 valence electrons. The molecule has 1 rings (SSSR count). The summed E-state index contributed by atoms with van der Waals surface area (Å²) >= 11 is 2.35. The molecule has 1 radical (unpaired) electrons. The average Bonchev–Trinajstić information content (AvgIpc) is 1.94. The van der Waals surface area contributed by atoms with E-state index in [1.165, 1.54) is 14.7 Å². The number of halogens is 7. The molecule has 8 heteroatoms. The Balaban J connectivity index is 0.000000293. The standard InChI is InChI=1S/C8H9I.F6P/c1-6-4-3-5-8(9)7(6)2;1-7(2,3,4,5)6/h3-5H,1-2H3;/q+1;-1.